The maximum atomic E-state index is 13.0. The molecule has 4 nitrogen and oxygen atoms in total. The van der Waals surface area contributed by atoms with Crippen LogP contribution in [-0.4, -0.2) is 29.8 Å². The van der Waals surface area contributed by atoms with E-state index in [4.69, 9.17) is 0 Å². The van der Waals surface area contributed by atoms with Gasteiger partial charge in [0.15, 0.2) is 0 Å². The third-order valence-electron chi connectivity index (χ3n) is 4.34. The number of carbonyl (C=O) groups is 2. The van der Waals surface area contributed by atoms with Gasteiger partial charge in [0.1, 0.15) is 5.70 Å². The Bertz CT molecular complexity index is 795. The Hall–Kier alpha value is -2.40. The molecule has 2 amide bonds. The van der Waals surface area contributed by atoms with Gasteiger partial charge in [0.05, 0.1) is 0 Å². The smallest absolute Gasteiger partial charge is 0.270 e. The molecule has 0 atom stereocenters. The highest BCUT2D eigenvalue weighted by Crippen LogP contribution is 2.16. The number of carbonyl (C=O) groups excluding carboxylic acids is 2. The molecule has 1 aliphatic heterocycles. The van der Waals surface area contributed by atoms with Crippen LogP contribution < -0.4 is 5.32 Å². The van der Waals surface area contributed by atoms with Gasteiger partial charge in [-0.1, -0.05) is 46.3 Å². The minimum absolute atomic E-state index is 0.128. The molecule has 0 spiro atoms. The van der Waals surface area contributed by atoms with Crippen molar-refractivity contribution >= 4 is 33.8 Å². The number of nitrogens with one attached hydrogen (secondary N) is 1. The lowest BCUT2D eigenvalue weighted by molar-refractivity contribution is -0.128. The minimum atomic E-state index is -0.278. The molecule has 5 heteroatoms. The summed E-state index contributed by atoms with van der Waals surface area (Å²) in [6, 6.07) is 16.6. The van der Waals surface area contributed by atoms with Crippen molar-refractivity contribution in [2.45, 2.75) is 19.3 Å². The molecule has 3 rings (SSSR count). The summed E-state index contributed by atoms with van der Waals surface area (Å²) < 4.78 is 0.965. The van der Waals surface area contributed by atoms with Gasteiger partial charge in [0.25, 0.3) is 11.8 Å². The van der Waals surface area contributed by atoms with E-state index in [9.17, 15) is 9.59 Å². The Morgan fingerprint density at radius 2 is 1.58 bits per heavy atom. The molecule has 1 heterocycles. The number of hydrogen-bond donors (Lipinski definition) is 1. The van der Waals surface area contributed by atoms with Crippen LogP contribution in [0.1, 0.15) is 35.2 Å². The van der Waals surface area contributed by atoms with E-state index in [1.54, 1.807) is 30.3 Å². The van der Waals surface area contributed by atoms with Crippen LogP contribution >= 0.6 is 15.9 Å². The summed E-state index contributed by atoms with van der Waals surface area (Å²) in [4.78, 5) is 27.3. The van der Waals surface area contributed by atoms with Crippen molar-refractivity contribution in [2.75, 3.05) is 13.1 Å². The van der Waals surface area contributed by atoms with Crippen molar-refractivity contribution in [2.24, 2.45) is 0 Å². The first kappa shape index (κ1) is 18.4. The number of nitrogens with zero attached hydrogens (tertiary/aromatic N) is 1. The summed E-state index contributed by atoms with van der Waals surface area (Å²) in [5.41, 5.74) is 1.70. The summed E-state index contributed by atoms with van der Waals surface area (Å²) in [6.07, 6.45) is 4.89. The maximum absolute atomic E-state index is 13.0. The second kappa shape index (κ2) is 8.81. The van der Waals surface area contributed by atoms with Crippen LogP contribution in [-0.2, 0) is 4.79 Å². The van der Waals surface area contributed by atoms with E-state index >= 15 is 0 Å². The van der Waals surface area contributed by atoms with Crippen molar-refractivity contribution < 1.29 is 9.59 Å². The van der Waals surface area contributed by atoms with Crippen molar-refractivity contribution in [3.8, 4) is 0 Å². The zero-order chi connectivity index (χ0) is 18.4. The normalized spacial score (nSPS) is 14.8. The Morgan fingerprint density at radius 3 is 2.23 bits per heavy atom. The van der Waals surface area contributed by atoms with E-state index in [0.29, 0.717) is 11.3 Å². The molecular weight excluding hydrogens is 392 g/mol. The summed E-state index contributed by atoms with van der Waals surface area (Å²) in [5.74, 6) is -0.406. The van der Waals surface area contributed by atoms with E-state index in [0.717, 1.165) is 42.4 Å². The molecule has 1 N–H and O–H groups in total. The molecule has 2 aromatic rings. The predicted octanol–water partition coefficient (Wildman–Crippen LogP) is 4.23. The van der Waals surface area contributed by atoms with E-state index in [1.165, 1.54) is 0 Å². The highest BCUT2D eigenvalue weighted by Gasteiger charge is 2.22. The average Bonchev–Trinajstić information content (AvgIpc) is 2.70. The summed E-state index contributed by atoms with van der Waals surface area (Å²) >= 11 is 3.41. The Kier molecular flexibility index (Phi) is 6.23. The number of hydrogen-bond acceptors (Lipinski definition) is 2. The molecule has 0 aromatic heterocycles. The van der Waals surface area contributed by atoms with E-state index < -0.39 is 0 Å². The Morgan fingerprint density at radius 1 is 0.923 bits per heavy atom. The molecule has 0 saturated carbocycles. The number of halogens is 1. The Balaban J connectivity index is 1.86. The highest BCUT2D eigenvalue weighted by atomic mass is 79.9. The SMILES string of the molecule is O=C(NC(=Cc1ccc(Br)cc1)C(=O)N1CCCCC1)c1ccccc1. The molecule has 134 valence electrons. The van der Waals surface area contributed by atoms with E-state index in [2.05, 4.69) is 21.2 Å². The zero-order valence-corrected chi connectivity index (χ0v) is 16.0. The van der Waals surface area contributed by atoms with Crippen LogP contribution in [0.3, 0.4) is 0 Å². The highest BCUT2D eigenvalue weighted by molar-refractivity contribution is 9.10. The van der Waals surface area contributed by atoms with Gasteiger partial charge in [0, 0.05) is 23.1 Å². The van der Waals surface area contributed by atoms with Crippen molar-refractivity contribution in [3.63, 3.8) is 0 Å². The van der Waals surface area contributed by atoms with Gasteiger partial charge in [-0.2, -0.15) is 0 Å². The second-order valence-electron chi connectivity index (χ2n) is 6.28. The number of amides is 2. The quantitative estimate of drug-likeness (QED) is 0.763. The molecule has 0 unspecified atom stereocenters. The predicted molar refractivity (Wildman–Crippen MR) is 106 cm³/mol. The van der Waals surface area contributed by atoms with Gasteiger partial charge < -0.3 is 10.2 Å². The third kappa shape index (κ3) is 4.82. The zero-order valence-electron chi connectivity index (χ0n) is 14.5. The number of likely N-dealkylation sites (tertiary alicyclic amines) is 1. The summed E-state index contributed by atoms with van der Waals surface area (Å²) in [5, 5.41) is 2.81. The lowest BCUT2D eigenvalue weighted by atomic mass is 10.1. The lowest BCUT2D eigenvalue weighted by Crippen LogP contribution is -2.41. The fourth-order valence-corrected chi connectivity index (χ4v) is 3.19. The van der Waals surface area contributed by atoms with Crippen LogP contribution in [0.4, 0.5) is 0 Å². The molecule has 0 radical (unpaired) electrons. The van der Waals surface area contributed by atoms with Crippen molar-refractivity contribution in [1.82, 2.24) is 10.2 Å². The van der Waals surface area contributed by atoms with E-state index in [1.807, 2.05) is 35.2 Å². The van der Waals surface area contributed by atoms with Gasteiger partial charge in [0.2, 0.25) is 0 Å². The average molecular weight is 413 g/mol. The molecule has 0 aliphatic carbocycles. The second-order valence-corrected chi connectivity index (χ2v) is 7.20. The maximum Gasteiger partial charge on any atom is 0.270 e. The minimum Gasteiger partial charge on any atom is -0.337 e. The van der Waals surface area contributed by atoms with Gasteiger partial charge in [-0.25, -0.2) is 0 Å². The van der Waals surface area contributed by atoms with Gasteiger partial charge in [-0.05, 0) is 55.2 Å². The molecule has 2 aromatic carbocycles. The number of rotatable bonds is 4. The van der Waals surface area contributed by atoms with Gasteiger partial charge in [-0.3, -0.25) is 9.59 Å². The summed E-state index contributed by atoms with van der Waals surface area (Å²) in [7, 11) is 0. The number of benzene rings is 2. The molecule has 26 heavy (non-hydrogen) atoms. The third-order valence-corrected chi connectivity index (χ3v) is 4.87. The first-order chi connectivity index (χ1) is 12.6. The van der Waals surface area contributed by atoms with Crippen LogP contribution in [0.2, 0.25) is 0 Å². The topological polar surface area (TPSA) is 49.4 Å². The monoisotopic (exact) mass is 412 g/mol. The van der Waals surface area contributed by atoms with Crippen LogP contribution in [0.15, 0.2) is 64.8 Å². The summed E-state index contributed by atoms with van der Waals surface area (Å²) in [6.45, 7) is 1.47. The van der Waals surface area contributed by atoms with E-state index in [-0.39, 0.29) is 11.8 Å². The number of piperidine rings is 1. The van der Waals surface area contributed by atoms with Gasteiger partial charge in [-0.15, -0.1) is 0 Å². The Labute approximate surface area is 162 Å². The molecular formula is C21H21BrN2O2. The van der Waals surface area contributed by atoms with Crippen molar-refractivity contribution in [3.05, 3.63) is 75.9 Å². The molecule has 1 fully saturated rings. The molecule has 1 saturated heterocycles. The van der Waals surface area contributed by atoms with Crippen LogP contribution in [0, 0.1) is 0 Å². The van der Waals surface area contributed by atoms with Crippen LogP contribution in [0.25, 0.3) is 6.08 Å². The van der Waals surface area contributed by atoms with Crippen molar-refractivity contribution in [1.29, 1.82) is 0 Å². The first-order valence-electron chi connectivity index (χ1n) is 8.76. The largest absolute Gasteiger partial charge is 0.337 e. The standard InChI is InChI=1S/C21H21BrN2O2/c22-18-11-9-16(10-12-18)15-19(21(26)24-13-5-2-6-14-24)23-20(25)17-7-3-1-4-8-17/h1,3-4,7-12,15H,2,5-6,13-14H2,(H,23,25). The fourth-order valence-electron chi connectivity index (χ4n) is 2.93. The first-order valence-corrected chi connectivity index (χ1v) is 9.56. The fraction of sp³-hybridized carbons (Fsp3) is 0.238. The van der Waals surface area contributed by atoms with Crippen LogP contribution in [0.5, 0.6) is 0 Å². The van der Waals surface area contributed by atoms with Gasteiger partial charge >= 0.3 is 0 Å². The lowest BCUT2D eigenvalue weighted by Gasteiger charge is -2.27. The molecule has 1 aliphatic rings. The molecule has 0 bridgehead atoms.